The van der Waals surface area contributed by atoms with E-state index in [1.54, 1.807) is 0 Å². The van der Waals surface area contributed by atoms with Crippen molar-refractivity contribution in [1.82, 2.24) is 4.98 Å². The van der Waals surface area contributed by atoms with E-state index in [-0.39, 0.29) is 0 Å². The molecule has 0 aliphatic heterocycles. The summed E-state index contributed by atoms with van der Waals surface area (Å²) in [7, 11) is 0. The molecular weight excluding hydrogens is 210 g/mol. The number of nitrogens with one attached hydrogen (secondary N) is 1. The summed E-state index contributed by atoms with van der Waals surface area (Å²) in [6.45, 7) is 4.57. The summed E-state index contributed by atoms with van der Waals surface area (Å²) >= 11 is 0. The molecule has 1 aromatic heterocycles. The van der Waals surface area contributed by atoms with E-state index >= 15 is 0 Å². The van der Waals surface area contributed by atoms with Crippen LogP contribution in [0.25, 0.3) is 10.9 Å². The van der Waals surface area contributed by atoms with Crippen LogP contribution in [0, 0.1) is 5.41 Å². The third-order valence-electron chi connectivity index (χ3n) is 3.61. The Balaban J connectivity index is 1.99. The van der Waals surface area contributed by atoms with Crippen molar-refractivity contribution in [3.8, 4) is 0 Å². The van der Waals surface area contributed by atoms with Crippen LogP contribution >= 0.6 is 0 Å². The lowest BCUT2D eigenvalue weighted by atomic mass is 10.1. The second kappa shape index (κ2) is 3.36. The summed E-state index contributed by atoms with van der Waals surface area (Å²) in [5.41, 5.74) is 9.06. The molecule has 3 heteroatoms. The fraction of sp³-hybridized carbons (Fsp3) is 0.357. The third kappa shape index (κ3) is 1.82. The first-order valence-corrected chi connectivity index (χ1v) is 5.97. The minimum Gasteiger partial charge on any atom is -0.399 e. The van der Waals surface area contributed by atoms with E-state index in [0.717, 1.165) is 22.3 Å². The van der Waals surface area contributed by atoms with Gasteiger partial charge >= 0.3 is 0 Å². The average molecular weight is 227 g/mol. The number of fused-ring (bicyclic) bond motifs is 1. The summed E-state index contributed by atoms with van der Waals surface area (Å²) in [5, 5.41) is 4.73. The zero-order chi connectivity index (χ0) is 12.0. The van der Waals surface area contributed by atoms with Crippen LogP contribution in [0.3, 0.4) is 0 Å². The van der Waals surface area contributed by atoms with Crippen molar-refractivity contribution in [3.63, 3.8) is 0 Å². The maximum atomic E-state index is 5.77. The van der Waals surface area contributed by atoms with Crippen LogP contribution in [-0.2, 0) is 0 Å². The topological polar surface area (TPSA) is 50.9 Å². The van der Waals surface area contributed by atoms with E-state index in [4.69, 9.17) is 5.73 Å². The van der Waals surface area contributed by atoms with Gasteiger partial charge in [0.15, 0.2) is 0 Å². The van der Waals surface area contributed by atoms with Gasteiger partial charge in [-0.1, -0.05) is 13.8 Å². The van der Waals surface area contributed by atoms with E-state index in [0.29, 0.717) is 11.5 Å². The van der Waals surface area contributed by atoms with Gasteiger partial charge in [-0.15, -0.1) is 0 Å². The quantitative estimate of drug-likeness (QED) is 0.775. The predicted octanol–water partition coefficient (Wildman–Crippen LogP) is 3.03. The number of hydrogen-bond donors (Lipinski definition) is 2. The fourth-order valence-electron chi connectivity index (χ4n) is 2.19. The second-order valence-electron chi connectivity index (χ2n) is 5.52. The number of hydrogen-bond acceptors (Lipinski definition) is 3. The molecule has 3 nitrogen and oxygen atoms in total. The number of nitrogen functional groups attached to an aromatic ring is 1. The van der Waals surface area contributed by atoms with Gasteiger partial charge in [0, 0.05) is 29.0 Å². The Labute approximate surface area is 101 Å². The van der Waals surface area contributed by atoms with Gasteiger partial charge in [-0.25, -0.2) is 0 Å². The minimum absolute atomic E-state index is 0.420. The van der Waals surface area contributed by atoms with E-state index in [1.807, 2.05) is 30.5 Å². The molecule has 0 amide bonds. The lowest BCUT2D eigenvalue weighted by molar-refractivity contribution is 0.631. The number of aromatic nitrogens is 1. The Hall–Kier alpha value is -1.77. The smallest absolute Gasteiger partial charge is 0.0743 e. The molecule has 0 bridgehead atoms. The Morgan fingerprint density at radius 2 is 2.12 bits per heavy atom. The molecular formula is C14H17N3. The normalized spacial score (nSPS) is 21.4. The highest BCUT2D eigenvalue weighted by atomic mass is 15.0. The third-order valence-corrected chi connectivity index (χ3v) is 3.61. The molecule has 17 heavy (non-hydrogen) atoms. The van der Waals surface area contributed by atoms with Crippen LogP contribution in [0.15, 0.2) is 30.5 Å². The van der Waals surface area contributed by atoms with E-state index < -0.39 is 0 Å². The molecule has 2 aromatic rings. The van der Waals surface area contributed by atoms with Gasteiger partial charge < -0.3 is 11.1 Å². The highest BCUT2D eigenvalue weighted by Gasteiger charge is 2.45. The highest BCUT2D eigenvalue weighted by molar-refractivity contribution is 5.92. The van der Waals surface area contributed by atoms with Crippen molar-refractivity contribution in [2.45, 2.75) is 26.3 Å². The molecule has 0 radical (unpaired) electrons. The van der Waals surface area contributed by atoms with Crippen molar-refractivity contribution >= 4 is 22.3 Å². The zero-order valence-corrected chi connectivity index (χ0v) is 10.2. The molecule has 0 spiro atoms. The van der Waals surface area contributed by atoms with Gasteiger partial charge in [-0.2, -0.15) is 0 Å². The monoisotopic (exact) mass is 227 g/mol. The number of nitrogens with two attached hydrogens (primary N) is 1. The van der Waals surface area contributed by atoms with Crippen LogP contribution in [0.2, 0.25) is 0 Å². The van der Waals surface area contributed by atoms with Gasteiger partial charge in [0.05, 0.1) is 5.52 Å². The Morgan fingerprint density at radius 1 is 1.35 bits per heavy atom. The molecule has 1 aromatic carbocycles. The van der Waals surface area contributed by atoms with Gasteiger partial charge in [0.2, 0.25) is 0 Å². The molecule has 1 heterocycles. The summed E-state index contributed by atoms with van der Waals surface area (Å²) in [5.74, 6) is 0. The number of pyridine rings is 1. The van der Waals surface area contributed by atoms with Crippen molar-refractivity contribution < 1.29 is 0 Å². The lowest BCUT2D eigenvalue weighted by Gasteiger charge is -2.11. The van der Waals surface area contributed by atoms with E-state index in [2.05, 4.69) is 24.1 Å². The predicted molar refractivity (Wildman–Crippen MR) is 72.0 cm³/mol. The summed E-state index contributed by atoms with van der Waals surface area (Å²) in [6, 6.07) is 8.49. The van der Waals surface area contributed by atoms with Crippen LogP contribution in [0.4, 0.5) is 11.4 Å². The zero-order valence-electron chi connectivity index (χ0n) is 10.2. The van der Waals surface area contributed by atoms with Crippen LogP contribution < -0.4 is 11.1 Å². The van der Waals surface area contributed by atoms with Gasteiger partial charge in [-0.3, -0.25) is 4.98 Å². The first-order valence-electron chi connectivity index (χ1n) is 5.97. The van der Waals surface area contributed by atoms with Crippen molar-refractivity contribution in [2.75, 3.05) is 11.1 Å². The molecule has 1 unspecified atom stereocenters. The lowest BCUT2D eigenvalue weighted by Crippen LogP contribution is -2.08. The highest BCUT2D eigenvalue weighted by Crippen LogP contribution is 2.47. The molecule has 1 aliphatic rings. The first kappa shape index (κ1) is 10.4. The average Bonchev–Trinajstić information content (AvgIpc) is 2.86. The number of rotatable bonds is 2. The number of nitrogens with zero attached hydrogens (tertiary/aromatic N) is 1. The van der Waals surface area contributed by atoms with Crippen molar-refractivity contribution in [2.24, 2.45) is 5.41 Å². The van der Waals surface area contributed by atoms with Gasteiger partial charge in [0.25, 0.3) is 0 Å². The Kier molecular flexibility index (Phi) is 2.05. The Morgan fingerprint density at radius 3 is 2.82 bits per heavy atom. The van der Waals surface area contributed by atoms with Crippen molar-refractivity contribution in [1.29, 1.82) is 0 Å². The maximum absolute atomic E-state index is 5.77. The molecule has 88 valence electrons. The summed E-state index contributed by atoms with van der Waals surface area (Å²) in [4.78, 5) is 4.35. The minimum atomic E-state index is 0.420. The molecule has 3 N–H and O–H groups in total. The largest absolute Gasteiger partial charge is 0.399 e. The molecule has 1 fully saturated rings. The van der Waals surface area contributed by atoms with E-state index in [1.165, 1.54) is 6.42 Å². The molecule has 1 aliphatic carbocycles. The SMILES string of the molecule is CC1(C)CC1Nc1ccnc2cc(N)ccc12. The first-order chi connectivity index (χ1) is 8.06. The summed E-state index contributed by atoms with van der Waals surface area (Å²) < 4.78 is 0. The maximum Gasteiger partial charge on any atom is 0.0743 e. The van der Waals surface area contributed by atoms with Gasteiger partial charge in [0.1, 0.15) is 0 Å². The molecule has 3 rings (SSSR count). The Bertz CT molecular complexity index is 575. The number of anilines is 2. The van der Waals surface area contributed by atoms with Gasteiger partial charge in [-0.05, 0) is 36.1 Å². The van der Waals surface area contributed by atoms with Crippen LogP contribution in [0.1, 0.15) is 20.3 Å². The van der Waals surface area contributed by atoms with Crippen molar-refractivity contribution in [3.05, 3.63) is 30.5 Å². The van der Waals surface area contributed by atoms with Crippen LogP contribution in [-0.4, -0.2) is 11.0 Å². The standard InChI is InChI=1S/C14H17N3/c1-14(2)8-13(14)17-11-5-6-16-12-7-9(15)3-4-10(11)12/h3-7,13H,8,15H2,1-2H3,(H,16,17). The van der Waals surface area contributed by atoms with E-state index in [9.17, 15) is 0 Å². The molecule has 0 saturated heterocycles. The second-order valence-corrected chi connectivity index (χ2v) is 5.52. The fourth-order valence-corrected chi connectivity index (χ4v) is 2.19. The molecule has 1 saturated carbocycles. The number of benzene rings is 1. The summed E-state index contributed by atoms with van der Waals surface area (Å²) in [6.07, 6.45) is 3.06. The van der Waals surface area contributed by atoms with Crippen LogP contribution in [0.5, 0.6) is 0 Å². The molecule has 1 atom stereocenters.